The molecule has 236 valence electrons. The van der Waals surface area contributed by atoms with Gasteiger partial charge in [-0.25, -0.2) is 15.0 Å². The summed E-state index contributed by atoms with van der Waals surface area (Å²) in [6.07, 6.45) is 0. The zero-order chi connectivity index (χ0) is 33.5. The smallest absolute Gasteiger partial charge is 0.164 e. The molecule has 9 aromatic carbocycles. The van der Waals surface area contributed by atoms with Crippen LogP contribution < -0.4 is 0 Å². The molecular formula is C47H28N4. The van der Waals surface area contributed by atoms with E-state index in [4.69, 9.17) is 15.0 Å². The quantitative estimate of drug-likeness (QED) is 0.138. The molecule has 0 bridgehead atoms. The molecule has 0 radical (unpaired) electrons. The van der Waals surface area contributed by atoms with Crippen molar-refractivity contribution >= 4 is 54.1 Å². The summed E-state index contributed by atoms with van der Waals surface area (Å²) >= 11 is 0. The van der Waals surface area contributed by atoms with Crippen molar-refractivity contribution in [3.8, 4) is 51.0 Å². The van der Waals surface area contributed by atoms with Crippen LogP contribution in [0.2, 0.25) is 0 Å². The topological polar surface area (TPSA) is 43.6 Å². The molecule has 0 aliphatic rings. The summed E-state index contributed by atoms with van der Waals surface area (Å²) < 4.78 is 2.44. The predicted molar refractivity (Wildman–Crippen MR) is 211 cm³/mol. The molecule has 0 aliphatic carbocycles. The summed E-state index contributed by atoms with van der Waals surface area (Å²) in [7, 11) is 0. The Morgan fingerprint density at radius 3 is 1.49 bits per heavy atom. The van der Waals surface area contributed by atoms with Gasteiger partial charge in [-0.2, -0.15) is 0 Å². The van der Waals surface area contributed by atoms with Crippen LogP contribution in [0, 0.1) is 0 Å². The summed E-state index contributed by atoms with van der Waals surface area (Å²) in [5.41, 5.74) is 8.76. The van der Waals surface area contributed by atoms with Crippen molar-refractivity contribution in [1.29, 1.82) is 0 Å². The van der Waals surface area contributed by atoms with Gasteiger partial charge in [0.25, 0.3) is 0 Å². The molecule has 4 heteroatoms. The molecule has 0 saturated heterocycles. The minimum atomic E-state index is 0.645. The number of nitrogens with zero attached hydrogens (tertiary/aromatic N) is 4. The molecule has 11 rings (SSSR count). The number of aromatic nitrogens is 4. The Morgan fingerprint density at radius 1 is 0.314 bits per heavy atom. The van der Waals surface area contributed by atoms with Gasteiger partial charge >= 0.3 is 0 Å². The average Bonchev–Trinajstić information content (AvgIpc) is 3.55. The van der Waals surface area contributed by atoms with Crippen LogP contribution in [0.3, 0.4) is 0 Å². The molecule has 4 nitrogen and oxygen atoms in total. The van der Waals surface area contributed by atoms with Crippen LogP contribution in [0.4, 0.5) is 0 Å². The fraction of sp³-hybridized carbons (Fsp3) is 0. The van der Waals surface area contributed by atoms with Crippen molar-refractivity contribution < 1.29 is 0 Å². The van der Waals surface area contributed by atoms with Crippen LogP contribution in [0.5, 0.6) is 0 Å². The maximum Gasteiger partial charge on any atom is 0.164 e. The van der Waals surface area contributed by atoms with Gasteiger partial charge in [0.2, 0.25) is 0 Å². The lowest BCUT2D eigenvalue weighted by Crippen LogP contribution is -2.00. The second kappa shape index (κ2) is 10.8. The first kappa shape index (κ1) is 28.0. The van der Waals surface area contributed by atoms with Gasteiger partial charge in [-0.05, 0) is 80.5 Å². The van der Waals surface area contributed by atoms with Crippen LogP contribution in [-0.2, 0) is 0 Å². The third-order valence-corrected chi connectivity index (χ3v) is 10.3. The normalized spacial score (nSPS) is 11.9. The highest BCUT2D eigenvalue weighted by molar-refractivity contribution is 6.40. The molecular weight excluding hydrogens is 621 g/mol. The second-order valence-electron chi connectivity index (χ2n) is 13.2. The first-order chi connectivity index (χ1) is 25.3. The van der Waals surface area contributed by atoms with Crippen molar-refractivity contribution in [2.45, 2.75) is 0 Å². The van der Waals surface area contributed by atoms with E-state index >= 15 is 0 Å². The fourth-order valence-electron chi connectivity index (χ4n) is 8.03. The van der Waals surface area contributed by atoms with E-state index in [1.165, 1.54) is 65.3 Å². The molecule has 2 heterocycles. The van der Waals surface area contributed by atoms with Crippen molar-refractivity contribution in [3.05, 3.63) is 170 Å². The van der Waals surface area contributed by atoms with Gasteiger partial charge in [0.05, 0.1) is 11.0 Å². The number of rotatable bonds is 5. The predicted octanol–water partition coefficient (Wildman–Crippen LogP) is 12.0. The molecule has 0 fully saturated rings. The fourth-order valence-corrected chi connectivity index (χ4v) is 8.03. The molecule has 0 amide bonds. The minimum absolute atomic E-state index is 0.645. The van der Waals surface area contributed by atoms with Crippen molar-refractivity contribution in [1.82, 2.24) is 19.5 Å². The third-order valence-electron chi connectivity index (χ3n) is 10.3. The molecule has 0 N–H and O–H groups in total. The third kappa shape index (κ3) is 4.23. The van der Waals surface area contributed by atoms with Crippen LogP contribution in [0.25, 0.3) is 105 Å². The zero-order valence-corrected chi connectivity index (χ0v) is 27.5. The molecule has 2 aromatic heterocycles. The maximum absolute atomic E-state index is 4.98. The van der Waals surface area contributed by atoms with E-state index in [2.05, 4.69) is 114 Å². The van der Waals surface area contributed by atoms with Crippen LogP contribution in [-0.4, -0.2) is 19.5 Å². The van der Waals surface area contributed by atoms with Crippen LogP contribution in [0.1, 0.15) is 0 Å². The van der Waals surface area contributed by atoms with E-state index in [1.807, 2.05) is 60.7 Å². The first-order valence-corrected chi connectivity index (χ1v) is 17.3. The molecule has 0 unspecified atom stereocenters. The lowest BCUT2D eigenvalue weighted by Gasteiger charge is -2.14. The Labute approximate surface area is 293 Å². The summed E-state index contributed by atoms with van der Waals surface area (Å²) in [5, 5.41) is 10.4. The maximum atomic E-state index is 4.98. The van der Waals surface area contributed by atoms with E-state index in [1.54, 1.807) is 0 Å². The minimum Gasteiger partial charge on any atom is -0.309 e. The van der Waals surface area contributed by atoms with E-state index in [0.29, 0.717) is 17.5 Å². The Balaban J connectivity index is 1.15. The average molecular weight is 649 g/mol. The summed E-state index contributed by atoms with van der Waals surface area (Å²) in [4.78, 5) is 14.8. The van der Waals surface area contributed by atoms with Gasteiger partial charge in [0.1, 0.15) is 0 Å². The molecule has 51 heavy (non-hydrogen) atoms. The van der Waals surface area contributed by atoms with E-state index in [-0.39, 0.29) is 0 Å². The van der Waals surface area contributed by atoms with E-state index in [9.17, 15) is 0 Å². The highest BCUT2D eigenvalue weighted by Gasteiger charge is 2.23. The highest BCUT2D eigenvalue weighted by atomic mass is 15.0. The van der Waals surface area contributed by atoms with Crippen molar-refractivity contribution in [2.24, 2.45) is 0 Å². The second-order valence-corrected chi connectivity index (χ2v) is 13.2. The molecule has 0 aliphatic heterocycles. The van der Waals surface area contributed by atoms with Gasteiger partial charge < -0.3 is 4.57 Å². The molecule has 0 atom stereocenters. The molecule has 0 saturated carbocycles. The first-order valence-electron chi connectivity index (χ1n) is 17.3. The molecule has 11 aromatic rings. The zero-order valence-electron chi connectivity index (χ0n) is 27.5. The number of hydrogen-bond donors (Lipinski definition) is 0. The summed E-state index contributed by atoms with van der Waals surface area (Å²) in [5.74, 6) is 1.96. The van der Waals surface area contributed by atoms with E-state index in [0.717, 1.165) is 22.4 Å². The van der Waals surface area contributed by atoms with Crippen molar-refractivity contribution in [3.63, 3.8) is 0 Å². The van der Waals surface area contributed by atoms with Gasteiger partial charge in [-0.3, -0.25) is 0 Å². The monoisotopic (exact) mass is 648 g/mol. The van der Waals surface area contributed by atoms with E-state index < -0.39 is 0 Å². The SMILES string of the molecule is c1ccc(-c2cc3c4cccc5ccc6ccc7c(c6c54)c3c(c2)n7-c2ccc(-c3nc(-c4ccccc4)nc(-c4ccccc4)n3)cc2)cc1. The summed E-state index contributed by atoms with van der Waals surface area (Å²) in [6, 6.07) is 60.2. The van der Waals surface area contributed by atoms with Crippen LogP contribution in [0.15, 0.2) is 170 Å². The Hall–Kier alpha value is -6.91. The van der Waals surface area contributed by atoms with Crippen molar-refractivity contribution in [2.75, 3.05) is 0 Å². The number of fused-ring (bicyclic) bond motifs is 1. The number of hydrogen-bond acceptors (Lipinski definition) is 3. The standard InChI is InChI=1S/C47H28N4/c1-4-11-29(12-5-1)35-27-38-37-18-10-17-30-19-20-31-23-26-39-44(42(31)41(30)37)43(38)40(28-35)51(39)36-24-21-34(22-25-36)47-49-45(32-13-6-2-7-14-32)48-46(50-47)33-15-8-3-9-16-33/h1-28H. The number of benzene rings is 9. The largest absolute Gasteiger partial charge is 0.309 e. The van der Waals surface area contributed by atoms with Gasteiger partial charge in [-0.1, -0.05) is 127 Å². The Bertz CT molecular complexity index is 2980. The lowest BCUT2D eigenvalue weighted by atomic mass is 9.88. The van der Waals surface area contributed by atoms with Gasteiger partial charge in [-0.15, -0.1) is 0 Å². The molecule has 0 spiro atoms. The highest BCUT2D eigenvalue weighted by Crippen LogP contribution is 2.48. The van der Waals surface area contributed by atoms with Gasteiger partial charge in [0, 0.05) is 38.5 Å². The Kier molecular flexibility index (Phi) is 5.92. The lowest BCUT2D eigenvalue weighted by molar-refractivity contribution is 1.07. The Morgan fingerprint density at radius 2 is 0.863 bits per heavy atom. The van der Waals surface area contributed by atoms with Crippen LogP contribution >= 0.6 is 0 Å². The van der Waals surface area contributed by atoms with Gasteiger partial charge in [0.15, 0.2) is 17.5 Å². The summed E-state index contributed by atoms with van der Waals surface area (Å²) in [6.45, 7) is 0.